The molecule has 0 radical (unpaired) electrons. The molecule has 2 amide bonds. The van der Waals surface area contributed by atoms with E-state index in [4.69, 9.17) is 16.3 Å². The minimum Gasteiger partial charge on any atom is -0.484 e. The summed E-state index contributed by atoms with van der Waals surface area (Å²) >= 11 is 6.20. The second-order valence-electron chi connectivity index (χ2n) is 7.06. The van der Waals surface area contributed by atoms with Gasteiger partial charge in [0.2, 0.25) is 0 Å². The number of ether oxygens (including phenoxy) is 1. The topological polar surface area (TPSA) is 67.4 Å². The molecule has 2 aromatic carbocycles. The number of fused-ring (bicyclic) bond motifs is 1. The Hall–Kier alpha value is -2.53. The van der Waals surface area contributed by atoms with Crippen LogP contribution in [0.1, 0.15) is 40.7 Å². The van der Waals surface area contributed by atoms with Gasteiger partial charge in [0.1, 0.15) is 5.75 Å². The average molecular weight is 385 g/mol. The van der Waals surface area contributed by atoms with Crippen LogP contribution >= 0.6 is 11.6 Å². The van der Waals surface area contributed by atoms with E-state index < -0.39 is 0 Å². The molecule has 4 rings (SSSR count). The predicted octanol–water partition coefficient (Wildman–Crippen LogP) is 3.74. The number of hydrogen-bond donors (Lipinski definition) is 2. The van der Waals surface area contributed by atoms with Gasteiger partial charge in [0.25, 0.3) is 11.8 Å². The molecule has 2 N–H and O–H groups in total. The molecule has 0 aliphatic heterocycles. The number of nitrogens with one attached hydrogen (secondary N) is 2. The molecule has 2 aromatic rings. The Bertz CT molecular complexity index is 893. The molecule has 0 saturated heterocycles. The summed E-state index contributed by atoms with van der Waals surface area (Å²) in [5.74, 6) is 0.248. The van der Waals surface area contributed by atoms with Crippen LogP contribution in [0.15, 0.2) is 36.4 Å². The van der Waals surface area contributed by atoms with Crippen molar-refractivity contribution in [1.29, 1.82) is 0 Å². The highest BCUT2D eigenvalue weighted by Gasteiger charge is 2.24. The minimum absolute atomic E-state index is 0.0830. The normalized spacial score (nSPS) is 15.1. The third-order valence-electron chi connectivity index (χ3n) is 4.85. The van der Waals surface area contributed by atoms with Gasteiger partial charge in [-0.3, -0.25) is 9.59 Å². The summed E-state index contributed by atoms with van der Waals surface area (Å²) in [6.45, 7) is -0.0830. The van der Waals surface area contributed by atoms with Gasteiger partial charge in [0.15, 0.2) is 6.61 Å². The van der Waals surface area contributed by atoms with Gasteiger partial charge in [-0.2, -0.15) is 0 Å². The van der Waals surface area contributed by atoms with Crippen molar-refractivity contribution in [2.75, 3.05) is 11.9 Å². The quantitative estimate of drug-likeness (QED) is 0.797. The monoisotopic (exact) mass is 384 g/mol. The Morgan fingerprint density at radius 3 is 2.67 bits per heavy atom. The number of carbonyl (C=O) groups excluding carboxylic acids is 2. The smallest absolute Gasteiger partial charge is 0.262 e. The van der Waals surface area contributed by atoms with Gasteiger partial charge < -0.3 is 15.4 Å². The number of hydrogen-bond acceptors (Lipinski definition) is 3. The van der Waals surface area contributed by atoms with Crippen LogP contribution in [-0.4, -0.2) is 24.5 Å². The summed E-state index contributed by atoms with van der Waals surface area (Å²) in [7, 11) is 0. The number of benzene rings is 2. The predicted molar refractivity (Wildman–Crippen MR) is 105 cm³/mol. The molecular formula is C21H21ClN2O3. The van der Waals surface area contributed by atoms with Gasteiger partial charge in [0.05, 0.1) is 10.6 Å². The zero-order valence-corrected chi connectivity index (χ0v) is 15.6. The molecule has 0 aromatic heterocycles. The molecule has 0 heterocycles. The van der Waals surface area contributed by atoms with Crippen LogP contribution in [0.3, 0.4) is 0 Å². The van der Waals surface area contributed by atoms with E-state index in [2.05, 4.69) is 16.7 Å². The zero-order chi connectivity index (χ0) is 18.8. The average Bonchev–Trinajstić information content (AvgIpc) is 3.33. The first-order chi connectivity index (χ1) is 13.1. The van der Waals surface area contributed by atoms with Crippen molar-refractivity contribution in [2.24, 2.45) is 0 Å². The lowest BCUT2D eigenvalue weighted by Crippen LogP contribution is -2.25. The largest absolute Gasteiger partial charge is 0.484 e. The van der Waals surface area contributed by atoms with Crippen molar-refractivity contribution in [3.05, 3.63) is 58.1 Å². The lowest BCUT2D eigenvalue weighted by molar-refractivity contribution is -0.118. The van der Waals surface area contributed by atoms with Crippen molar-refractivity contribution in [3.8, 4) is 5.75 Å². The Kier molecular flexibility index (Phi) is 5.03. The van der Waals surface area contributed by atoms with Crippen molar-refractivity contribution in [2.45, 2.75) is 38.1 Å². The summed E-state index contributed by atoms with van der Waals surface area (Å²) in [6, 6.07) is 11.1. The molecule has 0 spiro atoms. The van der Waals surface area contributed by atoms with Crippen molar-refractivity contribution in [3.63, 3.8) is 0 Å². The third kappa shape index (κ3) is 4.42. The molecule has 27 heavy (non-hydrogen) atoms. The maximum atomic E-state index is 12.1. The molecule has 2 aliphatic carbocycles. The molecule has 2 aliphatic rings. The second-order valence-corrected chi connectivity index (χ2v) is 7.47. The minimum atomic E-state index is -0.276. The Morgan fingerprint density at radius 1 is 1.07 bits per heavy atom. The van der Waals surface area contributed by atoms with Crippen LogP contribution in [0.2, 0.25) is 5.02 Å². The highest BCUT2D eigenvalue weighted by atomic mass is 35.5. The van der Waals surface area contributed by atoms with Crippen LogP contribution in [0.4, 0.5) is 5.69 Å². The van der Waals surface area contributed by atoms with Gasteiger partial charge in [-0.1, -0.05) is 17.7 Å². The van der Waals surface area contributed by atoms with E-state index in [0.717, 1.165) is 25.7 Å². The first-order valence-corrected chi connectivity index (χ1v) is 9.61. The fourth-order valence-corrected chi connectivity index (χ4v) is 3.52. The second kappa shape index (κ2) is 7.61. The maximum absolute atomic E-state index is 12.1. The van der Waals surface area contributed by atoms with Crippen LogP contribution in [-0.2, 0) is 17.6 Å². The molecule has 140 valence electrons. The van der Waals surface area contributed by atoms with E-state index in [9.17, 15) is 9.59 Å². The Labute approximate surface area is 163 Å². The SMILES string of the molecule is O=C(COc1ccc2c(c1)CCC2)Nc1ccc(C(=O)NC2CC2)c(Cl)c1. The van der Waals surface area contributed by atoms with Gasteiger partial charge in [-0.25, -0.2) is 0 Å². The summed E-state index contributed by atoms with van der Waals surface area (Å²) in [4.78, 5) is 24.2. The van der Waals surface area contributed by atoms with Crippen LogP contribution in [0, 0.1) is 0 Å². The highest BCUT2D eigenvalue weighted by Crippen LogP contribution is 2.26. The molecule has 1 fully saturated rings. The van der Waals surface area contributed by atoms with E-state index >= 15 is 0 Å². The van der Waals surface area contributed by atoms with Crippen molar-refractivity contribution < 1.29 is 14.3 Å². The van der Waals surface area contributed by atoms with Gasteiger partial charge in [0, 0.05) is 11.7 Å². The molecule has 0 bridgehead atoms. The van der Waals surface area contributed by atoms with E-state index in [1.165, 1.54) is 17.5 Å². The van der Waals surface area contributed by atoms with E-state index in [1.807, 2.05) is 12.1 Å². The molecule has 5 nitrogen and oxygen atoms in total. The van der Waals surface area contributed by atoms with Crippen molar-refractivity contribution in [1.82, 2.24) is 5.32 Å². The van der Waals surface area contributed by atoms with Gasteiger partial charge >= 0.3 is 0 Å². The summed E-state index contributed by atoms with van der Waals surface area (Å²) in [6.07, 6.45) is 5.39. The van der Waals surface area contributed by atoms with Crippen molar-refractivity contribution >= 4 is 29.1 Å². The standard InChI is InChI=1S/C21H21ClN2O3/c22-19-11-16(7-9-18(19)21(26)24-15-5-6-15)23-20(25)12-27-17-8-4-13-2-1-3-14(13)10-17/h4,7-11,15H,1-3,5-6,12H2,(H,23,25)(H,24,26). The lowest BCUT2D eigenvalue weighted by Gasteiger charge is -2.10. The van der Waals surface area contributed by atoms with E-state index in [-0.39, 0.29) is 24.5 Å². The summed E-state index contributed by atoms with van der Waals surface area (Å²) < 4.78 is 5.60. The van der Waals surface area contributed by atoms with Gasteiger partial charge in [-0.05, 0) is 73.6 Å². The highest BCUT2D eigenvalue weighted by molar-refractivity contribution is 6.34. The number of carbonyl (C=O) groups is 2. The maximum Gasteiger partial charge on any atom is 0.262 e. The molecule has 6 heteroatoms. The number of halogens is 1. The summed E-state index contributed by atoms with van der Waals surface area (Å²) in [5.41, 5.74) is 3.62. The number of rotatable bonds is 6. The number of aryl methyl sites for hydroxylation is 2. The first kappa shape index (κ1) is 17.9. The number of amides is 2. The molecule has 0 atom stereocenters. The van der Waals surface area contributed by atoms with Crippen LogP contribution in [0.5, 0.6) is 5.75 Å². The third-order valence-corrected chi connectivity index (χ3v) is 5.16. The Balaban J connectivity index is 1.32. The lowest BCUT2D eigenvalue weighted by atomic mass is 10.1. The van der Waals surface area contributed by atoms with Crippen LogP contribution < -0.4 is 15.4 Å². The Morgan fingerprint density at radius 2 is 1.89 bits per heavy atom. The van der Waals surface area contributed by atoms with Crippen LogP contribution in [0.25, 0.3) is 0 Å². The fourth-order valence-electron chi connectivity index (χ4n) is 3.25. The van der Waals surface area contributed by atoms with E-state index in [0.29, 0.717) is 22.0 Å². The van der Waals surface area contributed by atoms with Gasteiger partial charge in [-0.15, -0.1) is 0 Å². The summed E-state index contributed by atoms with van der Waals surface area (Å²) in [5, 5.41) is 5.95. The van der Waals surface area contributed by atoms with E-state index in [1.54, 1.807) is 18.2 Å². The fraction of sp³-hybridized carbons (Fsp3) is 0.333. The molecule has 1 saturated carbocycles. The first-order valence-electron chi connectivity index (χ1n) is 9.23. The molecular weight excluding hydrogens is 364 g/mol. The number of anilines is 1. The zero-order valence-electron chi connectivity index (χ0n) is 14.9. The molecule has 0 unspecified atom stereocenters.